The van der Waals surface area contributed by atoms with E-state index in [-0.39, 0.29) is 16.3 Å². The smallest absolute Gasteiger partial charge is 0.337 e. The molecule has 0 fully saturated rings. The standard InChI is InChI=1S/C13H8Cl2O3/c14-9-3-8(4-10(16)6-9)7-1-2-12(15)11(5-7)13(17)18/h1-6,16H,(H,17,18). The molecule has 0 aliphatic heterocycles. The summed E-state index contributed by atoms with van der Waals surface area (Å²) in [5.41, 5.74) is 1.25. The predicted octanol–water partition coefficient (Wildman–Crippen LogP) is 4.06. The zero-order valence-corrected chi connectivity index (χ0v) is 10.5. The number of carboxylic acids is 1. The molecule has 0 spiro atoms. The molecule has 2 aromatic rings. The molecule has 92 valence electrons. The minimum atomic E-state index is -1.10. The molecule has 2 N–H and O–H groups in total. The lowest BCUT2D eigenvalue weighted by Crippen LogP contribution is -1.97. The summed E-state index contributed by atoms with van der Waals surface area (Å²) in [5.74, 6) is -1.09. The number of hydrogen-bond donors (Lipinski definition) is 2. The average molecular weight is 283 g/mol. The second kappa shape index (κ2) is 4.88. The number of carboxylic acid groups (broad SMARTS) is 1. The molecule has 0 amide bonds. The minimum absolute atomic E-state index is 0.00799. The second-order valence-electron chi connectivity index (χ2n) is 3.70. The molecule has 0 aromatic heterocycles. The van der Waals surface area contributed by atoms with Gasteiger partial charge in [0.25, 0.3) is 0 Å². The van der Waals surface area contributed by atoms with Gasteiger partial charge in [0.15, 0.2) is 0 Å². The van der Waals surface area contributed by atoms with E-state index in [2.05, 4.69) is 0 Å². The average Bonchev–Trinajstić information content (AvgIpc) is 2.27. The molecule has 0 unspecified atom stereocenters. The van der Waals surface area contributed by atoms with Gasteiger partial charge in [0.05, 0.1) is 10.6 Å². The normalized spacial score (nSPS) is 10.3. The molecule has 2 rings (SSSR count). The first-order valence-corrected chi connectivity index (χ1v) is 5.76. The molecular weight excluding hydrogens is 275 g/mol. The molecular formula is C13H8Cl2O3. The highest BCUT2D eigenvalue weighted by atomic mass is 35.5. The summed E-state index contributed by atoms with van der Waals surface area (Å²) in [6, 6.07) is 9.14. The number of phenols is 1. The third kappa shape index (κ3) is 2.58. The zero-order chi connectivity index (χ0) is 13.3. The van der Waals surface area contributed by atoms with Crippen LogP contribution in [0.2, 0.25) is 10.0 Å². The van der Waals surface area contributed by atoms with E-state index in [1.54, 1.807) is 12.1 Å². The number of phenolic OH excluding ortho intramolecular Hbond substituents is 1. The quantitative estimate of drug-likeness (QED) is 0.873. The van der Waals surface area contributed by atoms with Gasteiger partial charge in [0, 0.05) is 5.02 Å². The monoisotopic (exact) mass is 282 g/mol. The van der Waals surface area contributed by atoms with Crippen LogP contribution in [0.25, 0.3) is 11.1 Å². The predicted molar refractivity (Wildman–Crippen MR) is 70.5 cm³/mol. The van der Waals surface area contributed by atoms with Crippen molar-refractivity contribution in [3.63, 3.8) is 0 Å². The van der Waals surface area contributed by atoms with Gasteiger partial charge >= 0.3 is 5.97 Å². The largest absolute Gasteiger partial charge is 0.508 e. The van der Waals surface area contributed by atoms with Gasteiger partial charge in [0.1, 0.15) is 5.75 Å². The Hall–Kier alpha value is -1.71. The lowest BCUT2D eigenvalue weighted by atomic mass is 10.0. The number of halogens is 2. The molecule has 0 saturated carbocycles. The number of aromatic carboxylic acids is 1. The van der Waals surface area contributed by atoms with Gasteiger partial charge in [-0.25, -0.2) is 4.79 Å². The van der Waals surface area contributed by atoms with Crippen LogP contribution in [-0.4, -0.2) is 16.2 Å². The van der Waals surface area contributed by atoms with Crippen LogP contribution >= 0.6 is 23.2 Å². The van der Waals surface area contributed by atoms with E-state index in [0.29, 0.717) is 16.1 Å². The van der Waals surface area contributed by atoms with Crippen molar-refractivity contribution in [2.75, 3.05) is 0 Å². The van der Waals surface area contributed by atoms with Crippen LogP contribution in [0.4, 0.5) is 0 Å². The van der Waals surface area contributed by atoms with E-state index in [1.807, 2.05) is 0 Å². The third-order valence-corrected chi connectivity index (χ3v) is 2.96. The summed E-state index contributed by atoms with van der Waals surface area (Å²) in [6.45, 7) is 0. The van der Waals surface area contributed by atoms with Gasteiger partial charge in [-0.15, -0.1) is 0 Å². The Bertz CT molecular complexity index is 603. The molecule has 0 atom stereocenters. The first kappa shape index (κ1) is 12.7. The summed E-state index contributed by atoms with van der Waals surface area (Å²) in [6.07, 6.45) is 0. The van der Waals surface area contributed by atoms with Crippen molar-refractivity contribution in [1.29, 1.82) is 0 Å². The summed E-state index contributed by atoms with van der Waals surface area (Å²) in [5, 5.41) is 19.0. The number of carbonyl (C=O) groups is 1. The first-order chi connectivity index (χ1) is 8.47. The van der Waals surface area contributed by atoms with E-state index in [0.717, 1.165) is 0 Å². The van der Waals surface area contributed by atoms with Crippen molar-refractivity contribution in [1.82, 2.24) is 0 Å². The van der Waals surface area contributed by atoms with Gasteiger partial charge in [0.2, 0.25) is 0 Å². The molecule has 0 aliphatic carbocycles. The molecule has 0 bridgehead atoms. The van der Waals surface area contributed by atoms with E-state index in [9.17, 15) is 9.90 Å². The Labute approximate surface area is 113 Å². The van der Waals surface area contributed by atoms with Crippen molar-refractivity contribution in [3.05, 3.63) is 52.0 Å². The van der Waals surface area contributed by atoms with Crippen LogP contribution in [0.3, 0.4) is 0 Å². The maximum atomic E-state index is 11.0. The summed E-state index contributed by atoms with van der Waals surface area (Å²) >= 11 is 11.6. The van der Waals surface area contributed by atoms with Crippen molar-refractivity contribution in [3.8, 4) is 16.9 Å². The van der Waals surface area contributed by atoms with Crippen LogP contribution in [0.5, 0.6) is 5.75 Å². The van der Waals surface area contributed by atoms with E-state index >= 15 is 0 Å². The first-order valence-electron chi connectivity index (χ1n) is 5.00. The van der Waals surface area contributed by atoms with Crippen molar-refractivity contribution in [2.24, 2.45) is 0 Å². The molecule has 18 heavy (non-hydrogen) atoms. The Kier molecular flexibility index (Phi) is 3.45. The minimum Gasteiger partial charge on any atom is -0.508 e. The van der Waals surface area contributed by atoms with Gasteiger partial charge in [-0.05, 0) is 41.5 Å². The van der Waals surface area contributed by atoms with Crippen molar-refractivity contribution >= 4 is 29.2 Å². The molecule has 5 heteroatoms. The van der Waals surface area contributed by atoms with Crippen LogP contribution in [0.1, 0.15) is 10.4 Å². The highest BCUT2D eigenvalue weighted by Gasteiger charge is 2.11. The Balaban J connectivity index is 2.57. The maximum Gasteiger partial charge on any atom is 0.337 e. The van der Waals surface area contributed by atoms with Gasteiger partial charge < -0.3 is 10.2 Å². The Morgan fingerprint density at radius 2 is 1.72 bits per heavy atom. The fraction of sp³-hybridized carbons (Fsp3) is 0. The zero-order valence-electron chi connectivity index (χ0n) is 9.02. The van der Waals surface area contributed by atoms with E-state index < -0.39 is 5.97 Å². The van der Waals surface area contributed by atoms with E-state index in [1.165, 1.54) is 24.3 Å². The number of benzene rings is 2. The number of hydrogen-bond acceptors (Lipinski definition) is 2. The van der Waals surface area contributed by atoms with Crippen LogP contribution in [0.15, 0.2) is 36.4 Å². The van der Waals surface area contributed by atoms with Crippen LogP contribution < -0.4 is 0 Å². The van der Waals surface area contributed by atoms with Gasteiger partial charge in [-0.3, -0.25) is 0 Å². The third-order valence-electron chi connectivity index (χ3n) is 2.41. The maximum absolute atomic E-state index is 11.0. The molecule has 0 heterocycles. The topological polar surface area (TPSA) is 57.5 Å². The number of rotatable bonds is 2. The SMILES string of the molecule is O=C(O)c1cc(-c2cc(O)cc(Cl)c2)ccc1Cl. The summed E-state index contributed by atoms with van der Waals surface area (Å²) in [4.78, 5) is 11.0. The molecule has 0 saturated heterocycles. The molecule has 0 aliphatic rings. The summed E-state index contributed by atoms with van der Waals surface area (Å²) in [7, 11) is 0. The highest BCUT2D eigenvalue weighted by Crippen LogP contribution is 2.30. The number of aromatic hydroxyl groups is 1. The fourth-order valence-corrected chi connectivity index (χ4v) is 2.04. The van der Waals surface area contributed by atoms with Crippen LogP contribution in [0, 0.1) is 0 Å². The van der Waals surface area contributed by atoms with E-state index in [4.69, 9.17) is 28.3 Å². The van der Waals surface area contributed by atoms with Crippen molar-refractivity contribution in [2.45, 2.75) is 0 Å². The summed E-state index contributed by atoms with van der Waals surface area (Å²) < 4.78 is 0. The molecule has 0 radical (unpaired) electrons. The van der Waals surface area contributed by atoms with Gasteiger partial charge in [-0.1, -0.05) is 29.3 Å². The Morgan fingerprint density at radius 1 is 1.00 bits per heavy atom. The molecule has 3 nitrogen and oxygen atoms in total. The van der Waals surface area contributed by atoms with Crippen molar-refractivity contribution < 1.29 is 15.0 Å². The molecule has 2 aromatic carbocycles. The lowest BCUT2D eigenvalue weighted by molar-refractivity contribution is 0.0697. The van der Waals surface area contributed by atoms with Gasteiger partial charge in [-0.2, -0.15) is 0 Å². The second-order valence-corrected chi connectivity index (χ2v) is 4.54. The van der Waals surface area contributed by atoms with Crippen LogP contribution in [-0.2, 0) is 0 Å². The lowest BCUT2D eigenvalue weighted by Gasteiger charge is -2.06. The Morgan fingerprint density at radius 3 is 2.33 bits per heavy atom. The highest BCUT2D eigenvalue weighted by molar-refractivity contribution is 6.33. The fourth-order valence-electron chi connectivity index (χ4n) is 1.61.